The van der Waals surface area contributed by atoms with E-state index in [0.29, 0.717) is 16.6 Å². The third-order valence-electron chi connectivity index (χ3n) is 3.82. The second-order valence-electron chi connectivity index (χ2n) is 5.18. The molecule has 0 aliphatic carbocycles. The van der Waals surface area contributed by atoms with Crippen molar-refractivity contribution in [3.63, 3.8) is 0 Å². The maximum atomic E-state index is 7.77. The quantitative estimate of drug-likeness (QED) is 0.651. The lowest BCUT2D eigenvalue weighted by atomic mass is 9.96. The van der Waals surface area contributed by atoms with Crippen LogP contribution in [0.3, 0.4) is 0 Å². The highest BCUT2D eigenvalue weighted by Crippen LogP contribution is 2.33. The van der Waals surface area contributed by atoms with E-state index in [1.54, 1.807) is 6.07 Å². The monoisotopic (exact) mass is 279 g/mol. The lowest BCUT2D eigenvalue weighted by molar-refractivity contribution is 0.434. The molecule has 0 radical (unpaired) electrons. The minimum absolute atomic E-state index is 0.0569. The van der Waals surface area contributed by atoms with Crippen molar-refractivity contribution in [2.75, 3.05) is 11.4 Å². The van der Waals surface area contributed by atoms with Gasteiger partial charge in [-0.2, -0.15) is 0 Å². The summed E-state index contributed by atoms with van der Waals surface area (Å²) >= 11 is 6.22. The van der Waals surface area contributed by atoms with Crippen LogP contribution >= 0.6 is 11.6 Å². The molecular weight excluding hydrogens is 258 g/mol. The molecule has 3 nitrogen and oxygen atoms in total. The van der Waals surface area contributed by atoms with E-state index in [1.807, 2.05) is 12.1 Å². The Morgan fingerprint density at radius 1 is 1.47 bits per heavy atom. The number of nitrogen functional groups attached to an aromatic ring is 1. The van der Waals surface area contributed by atoms with E-state index >= 15 is 0 Å². The molecular formula is C15H22ClN3. The lowest BCUT2D eigenvalue weighted by Crippen LogP contribution is -2.40. The number of piperidine rings is 1. The molecule has 1 unspecified atom stereocenters. The highest BCUT2D eigenvalue weighted by molar-refractivity contribution is 6.34. The van der Waals surface area contributed by atoms with Crippen LogP contribution in [-0.4, -0.2) is 18.4 Å². The normalized spacial score (nSPS) is 19.5. The number of nitrogens with one attached hydrogen (secondary N) is 1. The average Bonchev–Trinajstić information content (AvgIpc) is 2.39. The number of hydrogen-bond donors (Lipinski definition) is 2. The highest BCUT2D eigenvalue weighted by Gasteiger charge is 2.25. The largest absolute Gasteiger partial charge is 0.384 e. The zero-order valence-corrected chi connectivity index (χ0v) is 12.2. The van der Waals surface area contributed by atoms with Gasteiger partial charge in [0.05, 0.1) is 10.6 Å². The van der Waals surface area contributed by atoms with Crippen molar-refractivity contribution in [2.45, 2.75) is 45.1 Å². The summed E-state index contributed by atoms with van der Waals surface area (Å²) in [4.78, 5) is 2.40. The summed E-state index contributed by atoms with van der Waals surface area (Å²) < 4.78 is 0. The fraction of sp³-hybridized carbons (Fsp3) is 0.533. The van der Waals surface area contributed by atoms with Gasteiger partial charge in [-0.1, -0.05) is 31.0 Å². The Kier molecular flexibility index (Phi) is 4.70. The predicted molar refractivity (Wildman–Crippen MR) is 82.4 cm³/mol. The molecule has 3 N–H and O–H groups in total. The first-order chi connectivity index (χ1) is 9.15. The molecule has 1 aliphatic rings. The maximum absolute atomic E-state index is 7.77. The maximum Gasteiger partial charge on any atom is 0.126 e. The van der Waals surface area contributed by atoms with Gasteiger partial charge < -0.3 is 10.6 Å². The molecule has 1 atom stereocenters. The standard InChI is InChI=1S/C15H22ClN3/c1-2-6-11-7-3-4-10-19(11)13-9-5-8-12(16)14(13)15(17)18/h5,8-9,11H,2-4,6-7,10H2,1H3,(H3,17,18). The van der Waals surface area contributed by atoms with Gasteiger partial charge in [-0.15, -0.1) is 0 Å². The zero-order chi connectivity index (χ0) is 13.8. The smallest absolute Gasteiger partial charge is 0.126 e. The van der Waals surface area contributed by atoms with Crippen molar-refractivity contribution in [3.05, 3.63) is 28.8 Å². The molecule has 1 saturated heterocycles. The first-order valence-corrected chi connectivity index (χ1v) is 7.42. The van der Waals surface area contributed by atoms with Crippen molar-refractivity contribution < 1.29 is 0 Å². The van der Waals surface area contributed by atoms with Crippen LogP contribution in [0, 0.1) is 5.41 Å². The van der Waals surface area contributed by atoms with Crippen LogP contribution in [-0.2, 0) is 0 Å². The molecule has 1 aliphatic heterocycles. The van der Waals surface area contributed by atoms with E-state index in [-0.39, 0.29) is 5.84 Å². The first kappa shape index (κ1) is 14.2. The summed E-state index contributed by atoms with van der Waals surface area (Å²) in [6.07, 6.45) is 6.07. The Morgan fingerprint density at radius 2 is 2.26 bits per heavy atom. The zero-order valence-electron chi connectivity index (χ0n) is 11.5. The number of benzene rings is 1. The number of nitrogens with zero attached hydrogens (tertiary/aromatic N) is 1. The van der Waals surface area contributed by atoms with Gasteiger partial charge >= 0.3 is 0 Å². The summed E-state index contributed by atoms with van der Waals surface area (Å²) in [6, 6.07) is 6.34. The minimum atomic E-state index is 0.0569. The summed E-state index contributed by atoms with van der Waals surface area (Å²) in [7, 11) is 0. The number of hydrogen-bond acceptors (Lipinski definition) is 2. The average molecular weight is 280 g/mol. The SMILES string of the molecule is CCCC1CCCCN1c1cccc(Cl)c1C(=N)N. The third-order valence-corrected chi connectivity index (χ3v) is 4.13. The van der Waals surface area contributed by atoms with Crippen LogP contribution in [0.25, 0.3) is 0 Å². The van der Waals surface area contributed by atoms with Crippen LogP contribution < -0.4 is 10.6 Å². The second-order valence-corrected chi connectivity index (χ2v) is 5.59. The summed E-state index contributed by atoms with van der Waals surface area (Å²) in [5, 5.41) is 8.34. The van der Waals surface area contributed by atoms with E-state index in [2.05, 4.69) is 11.8 Å². The Morgan fingerprint density at radius 3 is 2.95 bits per heavy atom. The van der Waals surface area contributed by atoms with Crippen molar-refractivity contribution in [1.29, 1.82) is 5.41 Å². The van der Waals surface area contributed by atoms with Gasteiger partial charge in [-0.3, -0.25) is 5.41 Å². The Balaban J connectivity index is 2.38. The number of rotatable bonds is 4. The molecule has 0 spiro atoms. The Hall–Kier alpha value is -1.22. The number of amidine groups is 1. The molecule has 19 heavy (non-hydrogen) atoms. The van der Waals surface area contributed by atoms with Gasteiger partial charge in [-0.05, 0) is 37.8 Å². The molecule has 2 rings (SSSR count). The van der Waals surface area contributed by atoms with Crippen LogP contribution in [0.2, 0.25) is 5.02 Å². The second kappa shape index (κ2) is 6.29. The van der Waals surface area contributed by atoms with E-state index in [1.165, 1.54) is 32.1 Å². The van der Waals surface area contributed by atoms with Crippen molar-refractivity contribution in [1.82, 2.24) is 0 Å². The molecule has 0 bridgehead atoms. The van der Waals surface area contributed by atoms with Gasteiger partial charge in [0.15, 0.2) is 0 Å². The number of nitrogens with two attached hydrogens (primary N) is 1. The summed E-state index contributed by atoms with van der Waals surface area (Å²) in [5.41, 5.74) is 7.43. The topological polar surface area (TPSA) is 53.1 Å². The molecule has 4 heteroatoms. The molecule has 1 heterocycles. The molecule has 1 fully saturated rings. The van der Waals surface area contributed by atoms with Crippen molar-refractivity contribution in [3.8, 4) is 0 Å². The Labute approximate surface area is 120 Å². The number of halogens is 1. The van der Waals surface area contributed by atoms with Crippen LogP contribution in [0.4, 0.5) is 5.69 Å². The summed E-state index contributed by atoms with van der Waals surface area (Å²) in [5.74, 6) is 0.0569. The fourth-order valence-electron chi connectivity index (χ4n) is 2.97. The van der Waals surface area contributed by atoms with Gasteiger partial charge in [-0.25, -0.2) is 0 Å². The van der Waals surface area contributed by atoms with Crippen LogP contribution in [0.5, 0.6) is 0 Å². The van der Waals surface area contributed by atoms with Gasteiger partial charge in [0.1, 0.15) is 5.84 Å². The molecule has 0 amide bonds. The molecule has 0 aromatic heterocycles. The lowest BCUT2D eigenvalue weighted by Gasteiger charge is -2.38. The first-order valence-electron chi connectivity index (χ1n) is 7.04. The van der Waals surface area contributed by atoms with Crippen LogP contribution in [0.15, 0.2) is 18.2 Å². The minimum Gasteiger partial charge on any atom is -0.384 e. The predicted octanol–water partition coefficient (Wildman–Crippen LogP) is 3.78. The molecule has 0 saturated carbocycles. The van der Waals surface area contributed by atoms with Crippen LogP contribution in [0.1, 0.15) is 44.6 Å². The number of anilines is 1. The van der Waals surface area contributed by atoms with Crippen molar-refractivity contribution in [2.24, 2.45) is 5.73 Å². The Bertz CT molecular complexity index is 457. The van der Waals surface area contributed by atoms with Crippen molar-refractivity contribution >= 4 is 23.1 Å². The van der Waals surface area contributed by atoms with Gasteiger partial charge in [0.2, 0.25) is 0 Å². The third kappa shape index (κ3) is 3.03. The van der Waals surface area contributed by atoms with Gasteiger partial charge in [0.25, 0.3) is 0 Å². The van der Waals surface area contributed by atoms with Gasteiger partial charge in [0, 0.05) is 18.3 Å². The molecule has 1 aromatic carbocycles. The molecule has 104 valence electrons. The van der Waals surface area contributed by atoms with E-state index in [9.17, 15) is 0 Å². The fourth-order valence-corrected chi connectivity index (χ4v) is 3.24. The van der Waals surface area contributed by atoms with E-state index in [0.717, 1.165) is 12.2 Å². The molecule has 1 aromatic rings. The summed E-state index contributed by atoms with van der Waals surface area (Å²) in [6.45, 7) is 3.25. The highest BCUT2D eigenvalue weighted by atomic mass is 35.5. The van der Waals surface area contributed by atoms with E-state index < -0.39 is 0 Å². The van der Waals surface area contributed by atoms with E-state index in [4.69, 9.17) is 22.7 Å².